The summed E-state index contributed by atoms with van der Waals surface area (Å²) in [5, 5.41) is 3.83. The molecule has 0 spiro atoms. The number of rotatable bonds is 1. The number of halogens is 2. The van der Waals surface area contributed by atoms with Crippen LogP contribution in [0.15, 0.2) is 36.4 Å². The average Bonchev–Trinajstić information content (AvgIpc) is 2.51. The highest BCUT2D eigenvalue weighted by Crippen LogP contribution is 2.44. The van der Waals surface area contributed by atoms with E-state index in [1.807, 2.05) is 17.0 Å². The normalized spacial score (nSPS) is 18.6. The van der Waals surface area contributed by atoms with Gasteiger partial charge in [-0.2, -0.15) is 0 Å². The van der Waals surface area contributed by atoms with Gasteiger partial charge in [-0.3, -0.25) is 4.90 Å². The molecule has 1 atom stereocenters. The van der Waals surface area contributed by atoms with Crippen molar-refractivity contribution in [3.8, 4) is 0 Å². The van der Waals surface area contributed by atoms with Gasteiger partial charge in [0.2, 0.25) is 0 Å². The number of anilines is 2. The zero-order valence-electron chi connectivity index (χ0n) is 14.9. The molecule has 3 rings (SSSR count). The summed E-state index contributed by atoms with van der Waals surface area (Å²) in [6, 6.07) is 11.2. The van der Waals surface area contributed by atoms with Crippen LogP contribution >= 0.6 is 23.2 Å². The lowest BCUT2D eigenvalue weighted by Crippen LogP contribution is -2.53. The van der Waals surface area contributed by atoms with Crippen LogP contribution in [-0.2, 0) is 0 Å². The minimum Gasteiger partial charge on any atom is -0.307 e. The fourth-order valence-corrected chi connectivity index (χ4v) is 3.98. The van der Waals surface area contributed by atoms with Crippen LogP contribution in [0.3, 0.4) is 0 Å². The summed E-state index contributed by atoms with van der Waals surface area (Å²) in [6.45, 7) is 8.49. The van der Waals surface area contributed by atoms with Crippen molar-refractivity contribution >= 4 is 40.6 Å². The maximum Gasteiger partial charge on any atom is 0.326 e. The lowest BCUT2D eigenvalue weighted by molar-refractivity contribution is 0.247. The van der Waals surface area contributed by atoms with Crippen molar-refractivity contribution in [2.45, 2.75) is 45.6 Å². The molecule has 0 bridgehead atoms. The van der Waals surface area contributed by atoms with Gasteiger partial charge < -0.3 is 5.32 Å². The number of hydrogen-bond donors (Lipinski definition) is 1. The number of carbonyl (C=O) groups excluding carboxylic acids is 1. The second-order valence-electron chi connectivity index (χ2n) is 7.37. The molecule has 1 N–H and O–H groups in total. The van der Waals surface area contributed by atoms with Crippen LogP contribution in [-0.4, -0.2) is 11.6 Å². The number of nitrogens with zero attached hydrogens (tertiary/aromatic N) is 1. The smallest absolute Gasteiger partial charge is 0.307 e. The van der Waals surface area contributed by atoms with E-state index < -0.39 is 0 Å². The molecule has 132 valence electrons. The molecule has 0 radical (unpaired) electrons. The Morgan fingerprint density at radius 3 is 2.56 bits per heavy atom. The highest BCUT2D eigenvalue weighted by molar-refractivity contribution is 6.42. The molecular weight excluding hydrogens is 355 g/mol. The zero-order chi connectivity index (χ0) is 18.4. The molecule has 2 aromatic rings. The summed E-state index contributed by atoms with van der Waals surface area (Å²) in [4.78, 5) is 14.9. The highest BCUT2D eigenvalue weighted by Gasteiger charge is 2.40. The van der Waals surface area contributed by atoms with Crippen molar-refractivity contribution in [3.05, 3.63) is 57.6 Å². The van der Waals surface area contributed by atoms with E-state index in [-0.39, 0.29) is 11.6 Å². The first-order chi connectivity index (χ1) is 11.7. The molecule has 3 nitrogen and oxygen atoms in total. The number of urea groups is 1. The molecule has 1 heterocycles. The number of nitrogens with one attached hydrogen (secondary N) is 1. The van der Waals surface area contributed by atoms with Gasteiger partial charge in [0.1, 0.15) is 0 Å². The van der Waals surface area contributed by atoms with E-state index in [1.54, 1.807) is 18.2 Å². The van der Waals surface area contributed by atoms with Crippen LogP contribution in [0.1, 0.15) is 44.2 Å². The van der Waals surface area contributed by atoms with Crippen LogP contribution in [0, 0.1) is 6.92 Å². The fourth-order valence-electron chi connectivity index (χ4n) is 3.69. The molecule has 0 saturated carbocycles. The second kappa shape index (κ2) is 6.54. The predicted octanol–water partition coefficient (Wildman–Crippen LogP) is 6.63. The maximum absolute atomic E-state index is 13.1. The molecule has 0 fully saturated rings. The van der Waals surface area contributed by atoms with Gasteiger partial charge in [-0.05, 0) is 62.9 Å². The minimum absolute atomic E-state index is 0.166. The van der Waals surface area contributed by atoms with Crippen molar-refractivity contribution in [3.63, 3.8) is 0 Å². The summed E-state index contributed by atoms with van der Waals surface area (Å²) in [5.41, 5.74) is 3.72. The number of carbonyl (C=O) groups is 1. The van der Waals surface area contributed by atoms with E-state index in [2.05, 4.69) is 39.1 Å². The third-order valence-electron chi connectivity index (χ3n) is 4.74. The summed E-state index contributed by atoms with van der Waals surface area (Å²) < 4.78 is 0. The SMILES string of the molecule is Cc1ccc2c(c1)[C@@H](C)CC(C)(C)N2C(=O)Nc1ccc(Cl)c(Cl)c1. The van der Waals surface area contributed by atoms with Gasteiger partial charge in [0.15, 0.2) is 0 Å². The number of fused-ring (bicyclic) bond motifs is 1. The Balaban J connectivity index is 1.97. The van der Waals surface area contributed by atoms with E-state index >= 15 is 0 Å². The summed E-state index contributed by atoms with van der Waals surface area (Å²) in [5.74, 6) is 0.402. The van der Waals surface area contributed by atoms with Gasteiger partial charge in [-0.25, -0.2) is 4.79 Å². The highest BCUT2D eigenvalue weighted by atomic mass is 35.5. The molecule has 1 aliphatic rings. The largest absolute Gasteiger partial charge is 0.326 e. The summed E-state index contributed by atoms with van der Waals surface area (Å²) in [6.07, 6.45) is 0.901. The van der Waals surface area contributed by atoms with Crippen LogP contribution in [0.25, 0.3) is 0 Å². The van der Waals surface area contributed by atoms with Gasteiger partial charge in [0.25, 0.3) is 0 Å². The molecule has 0 saturated heterocycles. The van der Waals surface area contributed by atoms with Gasteiger partial charge in [-0.15, -0.1) is 0 Å². The Kier molecular flexibility index (Phi) is 4.74. The van der Waals surface area contributed by atoms with E-state index in [1.165, 1.54) is 11.1 Å². The molecule has 2 aromatic carbocycles. The van der Waals surface area contributed by atoms with E-state index in [0.717, 1.165) is 12.1 Å². The third kappa shape index (κ3) is 3.49. The van der Waals surface area contributed by atoms with E-state index in [4.69, 9.17) is 23.2 Å². The van der Waals surface area contributed by atoms with Crippen LogP contribution in [0.4, 0.5) is 16.2 Å². The summed E-state index contributed by atoms with van der Waals surface area (Å²) >= 11 is 12.0. The average molecular weight is 377 g/mol. The lowest BCUT2D eigenvalue weighted by atomic mass is 9.80. The van der Waals surface area contributed by atoms with Crippen LogP contribution in [0.5, 0.6) is 0 Å². The third-order valence-corrected chi connectivity index (χ3v) is 5.48. The molecular formula is C20H22Cl2N2O. The van der Waals surface area contributed by atoms with Gasteiger partial charge >= 0.3 is 6.03 Å². The van der Waals surface area contributed by atoms with Gasteiger partial charge in [0.05, 0.1) is 10.0 Å². The van der Waals surface area contributed by atoms with Crippen molar-refractivity contribution in [1.82, 2.24) is 0 Å². The molecule has 2 amide bonds. The molecule has 1 aliphatic heterocycles. The Morgan fingerprint density at radius 2 is 1.88 bits per heavy atom. The topological polar surface area (TPSA) is 32.3 Å². The Hall–Kier alpha value is -1.71. The van der Waals surface area contributed by atoms with Crippen molar-refractivity contribution in [2.75, 3.05) is 10.2 Å². The first kappa shape index (κ1) is 18.1. The predicted molar refractivity (Wildman–Crippen MR) is 106 cm³/mol. The van der Waals surface area contributed by atoms with Gasteiger partial charge in [0, 0.05) is 16.9 Å². The Morgan fingerprint density at radius 1 is 1.16 bits per heavy atom. The Labute approximate surface area is 158 Å². The Bertz CT molecular complexity index is 832. The molecule has 25 heavy (non-hydrogen) atoms. The fraction of sp³-hybridized carbons (Fsp3) is 0.350. The van der Waals surface area contributed by atoms with Crippen molar-refractivity contribution in [1.29, 1.82) is 0 Å². The number of amides is 2. The quantitative estimate of drug-likeness (QED) is 0.595. The minimum atomic E-state index is -0.290. The van der Waals surface area contributed by atoms with Crippen molar-refractivity contribution in [2.24, 2.45) is 0 Å². The maximum atomic E-state index is 13.1. The number of hydrogen-bond acceptors (Lipinski definition) is 1. The molecule has 0 aromatic heterocycles. The number of aryl methyl sites for hydroxylation is 1. The monoisotopic (exact) mass is 376 g/mol. The molecule has 5 heteroatoms. The summed E-state index contributed by atoms with van der Waals surface area (Å²) in [7, 11) is 0. The van der Waals surface area contributed by atoms with Gasteiger partial charge in [-0.1, -0.05) is 47.8 Å². The first-order valence-electron chi connectivity index (χ1n) is 8.36. The lowest BCUT2D eigenvalue weighted by Gasteiger charge is -2.45. The van der Waals surface area contributed by atoms with E-state index in [0.29, 0.717) is 21.7 Å². The first-order valence-corrected chi connectivity index (χ1v) is 9.11. The second-order valence-corrected chi connectivity index (χ2v) is 8.19. The zero-order valence-corrected chi connectivity index (χ0v) is 16.4. The molecule has 0 aliphatic carbocycles. The van der Waals surface area contributed by atoms with E-state index in [9.17, 15) is 4.79 Å². The molecule has 0 unspecified atom stereocenters. The van der Waals surface area contributed by atoms with Crippen LogP contribution < -0.4 is 10.2 Å². The number of benzene rings is 2. The van der Waals surface area contributed by atoms with Crippen LogP contribution in [0.2, 0.25) is 10.0 Å². The standard InChI is InChI=1S/C20H22Cl2N2O/c1-12-5-8-18-15(9-12)13(2)11-20(3,4)24(18)19(25)23-14-6-7-16(21)17(22)10-14/h5-10,13H,11H2,1-4H3,(H,23,25)/t13-/m0/s1. The van der Waals surface area contributed by atoms with Crippen molar-refractivity contribution < 1.29 is 4.79 Å².